The zero-order valence-electron chi connectivity index (χ0n) is 20.8. The lowest BCUT2D eigenvalue weighted by atomic mass is 9.86. The van der Waals surface area contributed by atoms with Gasteiger partial charge in [0.1, 0.15) is 10.8 Å². The van der Waals surface area contributed by atoms with Crippen LogP contribution < -0.4 is 15.9 Å². The first-order chi connectivity index (χ1) is 17.4. The second-order valence-electron chi connectivity index (χ2n) is 10.6. The first kappa shape index (κ1) is 24.1. The average Bonchev–Trinajstić information content (AvgIpc) is 3.38. The van der Waals surface area contributed by atoms with Gasteiger partial charge in [-0.1, -0.05) is 25.6 Å². The lowest BCUT2D eigenvalue weighted by Gasteiger charge is -2.32. The number of hydrogen-bond acceptors (Lipinski definition) is 5. The predicted molar refractivity (Wildman–Crippen MR) is 148 cm³/mol. The highest BCUT2D eigenvalue weighted by atomic mass is 35.5. The largest absolute Gasteiger partial charge is 0.338 e. The molecule has 2 saturated heterocycles. The molecule has 188 valence electrons. The van der Waals surface area contributed by atoms with E-state index < -0.39 is 7.92 Å². The summed E-state index contributed by atoms with van der Waals surface area (Å²) < 4.78 is 13.8. The number of rotatable bonds is 6. The van der Waals surface area contributed by atoms with Gasteiger partial charge in [-0.15, -0.1) is 0 Å². The van der Waals surface area contributed by atoms with E-state index in [-0.39, 0.29) is 5.82 Å². The second-order valence-corrected chi connectivity index (χ2v) is 13.3. The fourth-order valence-corrected chi connectivity index (χ4v) is 7.20. The number of nitrogens with zero attached hydrogens (tertiary/aromatic N) is 3. The molecule has 1 atom stereocenters. The maximum absolute atomic E-state index is 13.8. The van der Waals surface area contributed by atoms with Crippen molar-refractivity contribution in [3.05, 3.63) is 64.6 Å². The van der Waals surface area contributed by atoms with Gasteiger partial charge in [-0.2, -0.15) is 4.98 Å². The number of nitrogens with one attached hydrogen (secondary N) is 2. The fraction of sp³-hybridized carbons (Fsp3) is 0.429. The Labute approximate surface area is 218 Å². The molecule has 3 fully saturated rings. The van der Waals surface area contributed by atoms with Crippen molar-refractivity contribution in [1.82, 2.24) is 14.9 Å². The minimum atomic E-state index is -0.507. The van der Waals surface area contributed by atoms with Gasteiger partial charge in [-0.25, -0.2) is 9.37 Å². The van der Waals surface area contributed by atoms with E-state index in [1.807, 2.05) is 0 Å². The molecule has 2 aliphatic carbocycles. The summed E-state index contributed by atoms with van der Waals surface area (Å²) in [6.07, 6.45) is 9.22. The Kier molecular flexibility index (Phi) is 6.62. The van der Waals surface area contributed by atoms with Crippen LogP contribution in [0, 0.1) is 11.7 Å². The minimum Gasteiger partial charge on any atom is -0.338 e. The van der Waals surface area contributed by atoms with Crippen LogP contribution in [-0.4, -0.2) is 46.8 Å². The summed E-state index contributed by atoms with van der Waals surface area (Å²) in [6.45, 7) is 5.51. The Morgan fingerprint density at radius 2 is 1.81 bits per heavy atom. The van der Waals surface area contributed by atoms with E-state index in [0.29, 0.717) is 16.8 Å². The molecule has 3 heterocycles. The molecule has 2 aliphatic heterocycles. The highest BCUT2D eigenvalue weighted by Gasteiger charge is 2.45. The van der Waals surface area contributed by atoms with Crippen molar-refractivity contribution in [2.45, 2.75) is 50.6 Å². The molecule has 8 heteroatoms. The molecule has 1 aromatic heterocycles. The zero-order valence-corrected chi connectivity index (χ0v) is 22.4. The second kappa shape index (κ2) is 9.89. The van der Waals surface area contributed by atoms with Gasteiger partial charge in [0, 0.05) is 35.3 Å². The van der Waals surface area contributed by atoms with E-state index >= 15 is 0 Å². The molecule has 0 spiro atoms. The number of aryl methyl sites for hydroxylation is 2. The maximum atomic E-state index is 13.8. The SMILES string of the molecule is CP(C)c1cc(F)ccc1Nc1nc(Nc2ccc3c(c2)CCC(N2CC4CC2C4)CC3)ncc1Cl. The van der Waals surface area contributed by atoms with Crippen LogP contribution >= 0.6 is 19.5 Å². The molecule has 1 unspecified atom stereocenters. The Bertz CT molecular complexity index is 1280. The third-order valence-electron chi connectivity index (χ3n) is 8.01. The molecule has 7 rings (SSSR count). The highest BCUT2D eigenvalue weighted by Crippen LogP contribution is 2.43. The van der Waals surface area contributed by atoms with E-state index in [4.69, 9.17) is 11.6 Å². The molecule has 36 heavy (non-hydrogen) atoms. The first-order valence-corrected chi connectivity index (χ1v) is 15.5. The van der Waals surface area contributed by atoms with Gasteiger partial charge < -0.3 is 10.6 Å². The van der Waals surface area contributed by atoms with E-state index in [1.165, 1.54) is 49.4 Å². The van der Waals surface area contributed by atoms with Gasteiger partial charge in [0.25, 0.3) is 0 Å². The predicted octanol–water partition coefficient (Wildman–Crippen LogP) is 6.46. The van der Waals surface area contributed by atoms with E-state index in [0.717, 1.165) is 47.5 Å². The smallest absolute Gasteiger partial charge is 0.229 e. The minimum absolute atomic E-state index is 0.241. The maximum Gasteiger partial charge on any atom is 0.229 e. The van der Waals surface area contributed by atoms with Crippen LogP contribution in [0.15, 0.2) is 42.6 Å². The van der Waals surface area contributed by atoms with Crippen LogP contribution in [0.1, 0.15) is 36.8 Å². The topological polar surface area (TPSA) is 53.1 Å². The number of halogens is 2. The third-order valence-corrected chi connectivity index (χ3v) is 9.62. The van der Waals surface area contributed by atoms with Crippen molar-refractivity contribution in [3.63, 3.8) is 0 Å². The fourth-order valence-electron chi connectivity index (χ4n) is 6.07. The lowest BCUT2D eigenvalue weighted by molar-refractivity contribution is 0.170. The zero-order chi connectivity index (χ0) is 24.8. The Morgan fingerprint density at radius 1 is 1.00 bits per heavy atom. The average molecular weight is 524 g/mol. The van der Waals surface area contributed by atoms with Crippen LogP contribution in [-0.2, 0) is 12.8 Å². The molecular weight excluding hydrogens is 492 g/mol. The highest BCUT2D eigenvalue weighted by molar-refractivity contribution is 7.64. The molecule has 1 saturated carbocycles. The summed E-state index contributed by atoms with van der Waals surface area (Å²) in [7, 11) is -0.507. The lowest BCUT2D eigenvalue weighted by Crippen LogP contribution is -2.37. The van der Waals surface area contributed by atoms with E-state index in [2.05, 4.69) is 57.0 Å². The van der Waals surface area contributed by atoms with Crippen LogP contribution in [0.2, 0.25) is 5.02 Å². The van der Waals surface area contributed by atoms with Gasteiger partial charge in [0.05, 0.1) is 6.20 Å². The van der Waals surface area contributed by atoms with E-state index in [1.54, 1.807) is 18.3 Å². The molecule has 2 aromatic carbocycles. The molecular formula is C28H32ClFN5P. The quantitative estimate of drug-likeness (QED) is 0.287. The number of aromatic nitrogens is 2. The molecule has 3 aromatic rings. The van der Waals surface area contributed by atoms with Crippen LogP contribution in [0.5, 0.6) is 0 Å². The van der Waals surface area contributed by atoms with Crippen molar-refractivity contribution in [1.29, 1.82) is 0 Å². The van der Waals surface area contributed by atoms with Crippen molar-refractivity contribution < 1.29 is 4.39 Å². The standard InChI is InChI=1S/C28H32ClFN5P/c1-36(2)26-14-20(30)6-10-25(26)33-27-24(29)15-31-28(34-27)32-21-7-3-18-4-8-22(9-5-19(18)13-21)35-16-17-11-23(35)12-17/h3,6-7,10,13-15,17,22-23H,4-5,8-9,11-12,16H2,1-2H3,(H2,31,32,33,34). The van der Waals surface area contributed by atoms with Gasteiger partial charge in [-0.3, -0.25) is 4.90 Å². The normalized spacial score (nSPS) is 23.2. The van der Waals surface area contributed by atoms with Crippen molar-refractivity contribution in [2.24, 2.45) is 5.92 Å². The number of anilines is 4. The molecule has 2 bridgehead atoms. The molecule has 0 radical (unpaired) electrons. The van der Waals surface area contributed by atoms with Crippen LogP contribution in [0.25, 0.3) is 0 Å². The first-order valence-electron chi connectivity index (χ1n) is 12.8. The summed E-state index contributed by atoms with van der Waals surface area (Å²) in [5.74, 6) is 1.70. The molecule has 5 nitrogen and oxygen atoms in total. The van der Waals surface area contributed by atoms with E-state index in [9.17, 15) is 4.39 Å². The summed E-state index contributed by atoms with van der Waals surface area (Å²) in [4.78, 5) is 11.8. The van der Waals surface area contributed by atoms with Crippen LogP contribution in [0.4, 0.5) is 27.5 Å². The van der Waals surface area contributed by atoms with Crippen molar-refractivity contribution in [2.75, 3.05) is 30.5 Å². The molecule has 0 amide bonds. The third kappa shape index (κ3) is 4.83. The Morgan fingerprint density at radius 3 is 2.56 bits per heavy atom. The number of benzene rings is 2. The van der Waals surface area contributed by atoms with Crippen molar-refractivity contribution in [3.8, 4) is 0 Å². The summed E-state index contributed by atoms with van der Waals surface area (Å²) in [5, 5.41) is 8.01. The summed E-state index contributed by atoms with van der Waals surface area (Å²) in [5.41, 5.74) is 4.69. The Hall–Kier alpha value is -2.27. The molecule has 2 N–H and O–H groups in total. The number of fused-ring (bicyclic) bond motifs is 2. The monoisotopic (exact) mass is 523 g/mol. The van der Waals surface area contributed by atoms with Crippen LogP contribution in [0.3, 0.4) is 0 Å². The summed E-state index contributed by atoms with van der Waals surface area (Å²) >= 11 is 6.42. The Balaban J connectivity index is 1.17. The van der Waals surface area contributed by atoms with Gasteiger partial charge in [0.2, 0.25) is 5.95 Å². The van der Waals surface area contributed by atoms with Gasteiger partial charge in [0.15, 0.2) is 5.82 Å². The van der Waals surface area contributed by atoms with Gasteiger partial charge >= 0.3 is 0 Å². The summed E-state index contributed by atoms with van der Waals surface area (Å²) in [6, 6.07) is 13.0. The molecule has 4 aliphatic rings. The number of hydrogen-bond donors (Lipinski definition) is 2. The van der Waals surface area contributed by atoms with Gasteiger partial charge in [-0.05, 0) is 99.2 Å². The van der Waals surface area contributed by atoms with Crippen molar-refractivity contribution >= 4 is 48.0 Å².